The minimum absolute atomic E-state index is 1.33. The van der Waals surface area contributed by atoms with Gasteiger partial charge in [-0.2, -0.15) is 65.9 Å². The van der Waals surface area contributed by atoms with Crippen LogP contribution in [-0.2, 0) is 4.74 Å². The first kappa shape index (κ1) is 24.8. The van der Waals surface area contributed by atoms with Gasteiger partial charge in [0, 0.05) is 0 Å². The van der Waals surface area contributed by atoms with E-state index < -0.39 is 48.5 Å². The molecule has 0 amide bonds. The van der Waals surface area contributed by atoms with Crippen molar-refractivity contribution >= 4 is 0 Å². The minimum atomic E-state index is -8.42. The Morgan fingerprint density at radius 3 is 1.04 bits per heavy atom. The lowest BCUT2D eigenvalue weighted by atomic mass is 9.97. The van der Waals surface area contributed by atoms with Crippen LogP contribution in [0, 0.1) is 0 Å². The number of ether oxygens (including phenoxy) is 1. The number of alkyl halides is 17. The van der Waals surface area contributed by atoms with E-state index in [0.29, 0.717) is 0 Å². The predicted molar refractivity (Wildman–Crippen MR) is 42.8 cm³/mol. The summed E-state index contributed by atoms with van der Waals surface area (Å²) in [6.45, 7) is 0. The summed E-state index contributed by atoms with van der Waals surface area (Å²) >= 11 is 0. The van der Waals surface area contributed by atoms with Crippen molar-refractivity contribution in [3.05, 3.63) is 0 Å². The Morgan fingerprint density at radius 2 is 0.769 bits per heavy atom. The summed E-state index contributed by atoms with van der Waals surface area (Å²) in [6.07, 6.45) is -27.6. The molecule has 18 heteroatoms. The molecule has 0 saturated carbocycles. The molecule has 0 radical (unpaired) electrons. The first-order valence-corrected chi connectivity index (χ1v) is 5.22. The van der Waals surface area contributed by atoms with Crippen LogP contribution in [0.2, 0.25) is 0 Å². The van der Waals surface area contributed by atoms with Crippen molar-refractivity contribution in [1.82, 2.24) is 0 Å². The van der Waals surface area contributed by atoms with Crippen molar-refractivity contribution in [2.45, 2.75) is 48.5 Å². The number of rotatable bonds is 7. The molecule has 0 spiro atoms. The van der Waals surface area contributed by atoms with E-state index in [1.165, 1.54) is 4.74 Å². The second-order valence-corrected chi connectivity index (χ2v) is 4.28. The molecule has 1 nitrogen and oxygen atoms in total. The van der Waals surface area contributed by atoms with Crippen LogP contribution in [0.5, 0.6) is 0 Å². The van der Waals surface area contributed by atoms with E-state index in [4.69, 9.17) is 0 Å². The van der Waals surface area contributed by atoms with E-state index in [1.54, 1.807) is 0 Å². The molecule has 0 aliphatic heterocycles. The van der Waals surface area contributed by atoms with Crippen molar-refractivity contribution in [2.24, 2.45) is 0 Å². The van der Waals surface area contributed by atoms with E-state index in [2.05, 4.69) is 0 Å². The van der Waals surface area contributed by atoms with Crippen molar-refractivity contribution in [3.8, 4) is 0 Å². The summed E-state index contributed by atoms with van der Waals surface area (Å²) in [5.41, 5.74) is 0. The van der Waals surface area contributed by atoms with Gasteiger partial charge in [-0.15, -0.1) is 0 Å². The van der Waals surface area contributed by atoms with Crippen LogP contribution in [-0.4, -0.2) is 48.5 Å². The van der Waals surface area contributed by atoms with Crippen LogP contribution in [0.3, 0.4) is 0 Å². The van der Waals surface area contributed by atoms with Crippen LogP contribution in [0.15, 0.2) is 0 Å². The summed E-state index contributed by atoms with van der Waals surface area (Å²) in [7, 11) is 0. The molecule has 0 aliphatic rings. The normalized spacial score (nSPS) is 16.4. The number of hydrogen-bond acceptors (Lipinski definition) is 1. The van der Waals surface area contributed by atoms with Crippen molar-refractivity contribution in [3.63, 3.8) is 0 Å². The van der Waals surface area contributed by atoms with Gasteiger partial charge in [-0.25, -0.2) is 13.5 Å². The average molecular weight is 436 g/mol. The molecule has 0 saturated heterocycles. The highest BCUT2D eigenvalue weighted by Crippen LogP contribution is 2.60. The molecule has 0 N–H and O–H groups in total. The second-order valence-electron chi connectivity index (χ2n) is 4.28. The second kappa shape index (κ2) is 6.15. The van der Waals surface area contributed by atoms with Gasteiger partial charge in [0.05, 0.1) is 0 Å². The van der Waals surface area contributed by atoms with Crippen molar-refractivity contribution < 1.29 is 79.4 Å². The van der Waals surface area contributed by atoms with Gasteiger partial charge in [-0.3, -0.25) is 0 Å². The van der Waals surface area contributed by atoms with Gasteiger partial charge in [0.25, 0.3) is 0 Å². The molecule has 158 valence electrons. The molecule has 0 atom stereocenters. The maximum atomic E-state index is 12.8. The highest BCUT2D eigenvalue weighted by molar-refractivity contribution is 5.08. The first-order valence-electron chi connectivity index (χ1n) is 5.22. The quantitative estimate of drug-likeness (QED) is 0.476. The van der Waals surface area contributed by atoms with E-state index in [1.807, 2.05) is 0 Å². The molecular formula is C8HF17O. The smallest absolute Gasteiger partial charge is 0.246 e. The molecule has 0 fully saturated rings. The van der Waals surface area contributed by atoms with Gasteiger partial charge in [-0.05, 0) is 0 Å². The highest BCUT2D eigenvalue weighted by Gasteiger charge is 2.91. The van der Waals surface area contributed by atoms with E-state index >= 15 is 0 Å². The molecule has 26 heavy (non-hydrogen) atoms. The van der Waals surface area contributed by atoms with E-state index in [-0.39, 0.29) is 0 Å². The maximum absolute atomic E-state index is 12.8. The van der Waals surface area contributed by atoms with Crippen LogP contribution in [0.4, 0.5) is 74.6 Å². The van der Waals surface area contributed by atoms with Gasteiger partial charge in [-0.1, -0.05) is 0 Å². The maximum Gasteiger partial charge on any atom is 0.460 e. The van der Waals surface area contributed by atoms with E-state index in [0.717, 1.165) is 0 Å². The van der Waals surface area contributed by atoms with Crippen molar-refractivity contribution in [1.29, 1.82) is 0 Å². The highest BCUT2D eigenvalue weighted by atomic mass is 19.4. The zero-order valence-electron chi connectivity index (χ0n) is 10.9. The predicted octanol–water partition coefficient (Wildman–Crippen LogP) is 5.56. The summed E-state index contributed by atoms with van der Waals surface area (Å²) in [6, 6.07) is 0. The SMILES string of the molecule is FC(F)C(F)(F)OC(F)(F)C(F)(F)C(F)(F)C(F)(F)C(F)(F)C(F)(F)F. The van der Waals surface area contributed by atoms with Crippen LogP contribution < -0.4 is 0 Å². The Balaban J connectivity index is 6.25. The molecule has 0 bridgehead atoms. The molecule has 0 aliphatic carbocycles. The minimum Gasteiger partial charge on any atom is -0.246 e. The average Bonchev–Trinajstić information content (AvgIpc) is 2.34. The lowest BCUT2D eigenvalue weighted by Crippen LogP contribution is -2.71. The Kier molecular flexibility index (Phi) is 5.86. The zero-order chi connectivity index (χ0) is 21.8. The van der Waals surface area contributed by atoms with Gasteiger partial charge in [0.2, 0.25) is 0 Å². The Bertz CT molecular complexity index is 501. The first-order chi connectivity index (χ1) is 10.9. The molecule has 0 aromatic rings. The van der Waals surface area contributed by atoms with Gasteiger partial charge in [0.1, 0.15) is 0 Å². The summed E-state index contributed by atoms with van der Waals surface area (Å²) in [4.78, 5) is 0. The molecule has 0 unspecified atom stereocenters. The summed E-state index contributed by atoms with van der Waals surface area (Å²) in [5.74, 6) is -33.1. The third-order valence-corrected chi connectivity index (χ3v) is 2.42. The Hall–Kier alpha value is -1.23. The largest absolute Gasteiger partial charge is 0.460 e. The number of halogens is 17. The van der Waals surface area contributed by atoms with Crippen molar-refractivity contribution in [2.75, 3.05) is 0 Å². The third-order valence-electron chi connectivity index (χ3n) is 2.42. The summed E-state index contributed by atoms with van der Waals surface area (Å²) in [5, 5.41) is 0. The molecule has 0 rings (SSSR count). The van der Waals surface area contributed by atoms with Gasteiger partial charge < -0.3 is 0 Å². The lowest BCUT2D eigenvalue weighted by molar-refractivity contribution is -0.499. The molecular weight excluding hydrogens is 435 g/mol. The molecule has 0 heterocycles. The van der Waals surface area contributed by atoms with Crippen LogP contribution in [0.25, 0.3) is 0 Å². The topological polar surface area (TPSA) is 9.23 Å². The fraction of sp³-hybridized carbons (Fsp3) is 1.00. The molecule has 0 aromatic carbocycles. The van der Waals surface area contributed by atoms with Crippen LogP contribution >= 0.6 is 0 Å². The van der Waals surface area contributed by atoms with Gasteiger partial charge >= 0.3 is 48.5 Å². The lowest BCUT2D eigenvalue weighted by Gasteiger charge is -2.39. The zero-order valence-corrected chi connectivity index (χ0v) is 10.9. The third kappa shape index (κ3) is 3.47. The Morgan fingerprint density at radius 1 is 0.462 bits per heavy atom. The van der Waals surface area contributed by atoms with Crippen LogP contribution in [0.1, 0.15) is 0 Å². The standard InChI is InChI=1S/C8HF17O/c9-1(10)2(11,12)26-8(24,25)6(19,20)4(15,16)3(13,14)5(17,18)7(21,22)23/h1H. The van der Waals surface area contributed by atoms with E-state index in [9.17, 15) is 74.6 Å². The molecule has 0 aromatic heterocycles. The Labute approximate surface area is 129 Å². The number of hydrogen-bond donors (Lipinski definition) is 0. The fourth-order valence-corrected chi connectivity index (χ4v) is 1.03. The fourth-order valence-electron chi connectivity index (χ4n) is 1.03. The van der Waals surface area contributed by atoms with Gasteiger partial charge in [0.15, 0.2) is 0 Å². The summed E-state index contributed by atoms with van der Waals surface area (Å²) < 4.78 is 210. The monoisotopic (exact) mass is 436 g/mol.